The van der Waals surface area contributed by atoms with E-state index in [4.69, 9.17) is 38.1 Å². The van der Waals surface area contributed by atoms with Crippen molar-refractivity contribution in [3.63, 3.8) is 0 Å². The number of ether oxygens (including phenoxy) is 1. The first-order valence-corrected chi connectivity index (χ1v) is 12.9. The van der Waals surface area contributed by atoms with Gasteiger partial charge in [-0.1, -0.05) is 35.3 Å². The molecule has 0 unspecified atom stereocenters. The van der Waals surface area contributed by atoms with Gasteiger partial charge in [0, 0.05) is 45.8 Å². The van der Waals surface area contributed by atoms with Gasteiger partial charge in [0.15, 0.2) is 11.6 Å². The number of benzene rings is 3. The molecule has 0 bridgehead atoms. The maximum atomic E-state index is 15.3. The number of hydrogen-bond acceptors (Lipinski definition) is 7. The Morgan fingerprint density at radius 1 is 1.17 bits per heavy atom. The Morgan fingerprint density at radius 3 is 2.78 bits per heavy atom. The average molecular weight is 547 g/mol. The third kappa shape index (κ3) is 6.48. The van der Waals surface area contributed by atoms with Crippen LogP contribution in [0.2, 0.25) is 10.0 Å². The van der Waals surface area contributed by atoms with Crippen LogP contribution in [-0.2, 0) is 11.2 Å². The summed E-state index contributed by atoms with van der Waals surface area (Å²) in [4.78, 5) is 12.0. The Kier molecular flexibility index (Phi) is 8.35. The van der Waals surface area contributed by atoms with Gasteiger partial charge in [-0.2, -0.15) is 11.8 Å². The quantitative estimate of drug-likeness (QED) is 0.221. The molecule has 0 radical (unpaired) electrons. The minimum Gasteiger partial charge on any atom is -0.453 e. The minimum atomic E-state index is -0.671. The van der Waals surface area contributed by atoms with Crippen LogP contribution in [0.1, 0.15) is 17.9 Å². The summed E-state index contributed by atoms with van der Waals surface area (Å²) in [6.45, 7) is 0. The molecule has 0 aliphatic carbocycles. The highest BCUT2D eigenvalue weighted by Gasteiger charge is 2.18. The zero-order valence-corrected chi connectivity index (χ0v) is 21.4. The highest BCUT2D eigenvalue weighted by molar-refractivity contribution is 7.98. The topological polar surface area (TPSA) is 103 Å². The van der Waals surface area contributed by atoms with Crippen molar-refractivity contribution in [2.45, 2.75) is 12.8 Å². The van der Waals surface area contributed by atoms with Crippen LogP contribution < -0.4 is 15.8 Å². The smallest absolute Gasteiger partial charge is 0.247 e. The van der Waals surface area contributed by atoms with Crippen molar-refractivity contribution >= 4 is 52.2 Å². The van der Waals surface area contributed by atoms with E-state index in [1.807, 2.05) is 6.26 Å². The normalized spacial score (nSPS) is 10.9. The Hall–Kier alpha value is -3.27. The Bertz CT molecular complexity index is 1380. The molecule has 0 atom stereocenters. The first-order chi connectivity index (χ1) is 17.3. The van der Waals surface area contributed by atoms with E-state index >= 15 is 4.39 Å². The second-order valence-corrected chi connectivity index (χ2v) is 9.55. The van der Waals surface area contributed by atoms with Crippen molar-refractivity contribution in [3.8, 4) is 23.0 Å². The molecule has 3 N–H and O–H groups in total. The Morgan fingerprint density at radius 2 is 2.00 bits per heavy atom. The number of thioether (sulfide) groups is 1. The number of halogens is 3. The molecule has 4 rings (SSSR count). The summed E-state index contributed by atoms with van der Waals surface area (Å²) < 4.78 is 26.7. The number of carbonyl (C=O) groups excluding carboxylic acids is 1. The molecule has 186 valence electrons. The van der Waals surface area contributed by atoms with E-state index in [9.17, 15) is 4.79 Å². The van der Waals surface area contributed by atoms with Crippen molar-refractivity contribution < 1.29 is 18.3 Å². The number of hydrogen-bond donors (Lipinski definition) is 2. The van der Waals surface area contributed by atoms with E-state index in [1.165, 1.54) is 24.3 Å². The molecule has 0 aliphatic rings. The van der Waals surface area contributed by atoms with E-state index < -0.39 is 5.82 Å². The number of carbonyl (C=O) groups is 1. The van der Waals surface area contributed by atoms with Gasteiger partial charge in [0.05, 0.1) is 11.4 Å². The average Bonchev–Trinajstić information content (AvgIpc) is 3.30. The van der Waals surface area contributed by atoms with Gasteiger partial charge in [0.2, 0.25) is 17.7 Å². The molecule has 11 heteroatoms. The summed E-state index contributed by atoms with van der Waals surface area (Å²) in [7, 11) is 0. The van der Waals surface area contributed by atoms with E-state index in [0.29, 0.717) is 28.4 Å². The fourth-order valence-corrected chi connectivity index (χ4v) is 4.12. The van der Waals surface area contributed by atoms with Crippen LogP contribution in [0.4, 0.5) is 15.8 Å². The van der Waals surface area contributed by atoms with E-state index in [0.717, 1.165) is 5.75 Å². The second-order valence-electron chi connectivity index (χ2n) is 7.72. The molecule has 7 nitrogen and oxygen atoms in total. The summed E-state index contributed by atoms with van der Waals surface area (Å²) in [5, 5.41) is 11.4. The zero-order valence-electron chi connectivity index (χ0n) is 19.1. The van der Waals surface area contributed by atoms with Crippen molar-refractivity contribution in [2.75, 3.05) is 23.1 Å². The molecule has 0 saturated heterocycles. The van der Waals surface area contributed by atoms with Crippen LogP contribution in [-0.4, -0.2) is 28.1 Å². The van der Waals surface area contributed by atoms with Gasteiger partial charge in [-0.3, -0.25) is 4.79 Å². The van der Waals surface area contributed by atoms with Gasteiger partial charge >= 0.3 is 0 Å². The molecule has 0 saturated carbocycles. The highest BCUT2D eigenvalue weighted by atomic mass is 35.5. The first kappa shape index (κ1) is 25.8. The fraction of sp³-hybridized carbons (Fsp3) is 0.160. The summed E-state index contributed by atoms with van der Waals surface area (Å²) in [6.07, 6.45) is 2.37. The summed E-state index contributed by atoms with van der Waals surface area (Å²) in [6, 6.07) is 14.7. The molecular formula is C25H21Cl2FN4O3S. The molecule has 3 aromatic carbocycles. The summed E-state index contributed by atoms with van der Waals surface area (Å²) in [5.74, 6) is 0.503. The molecule has 0 spiro atoms. The molecule has 0 fully saturated rings. The predicted molar refractivity (Wildman–Crippen MR) is 142 cm³/mol. The standard InChI is InChI=1S/C25H21Cl2FN4O3S/c1-36-8-7-21(33)30-18-4-2-3-15(9-18)25-32-31-22(35-25)10-14-5-6-20(27)24(23(14)28)34-19-12-16(26)11-17(29)13-19/h2-6,9,11-13H,7-8,10,29H2,1H3,(H,30,33). The second kappa shape index (κ2) is 11.6. The van der Waals surface area contributed by atoms with E-state index in [1.54, 1.807) is 42.1 Å². The van der Waals surface area contributed by atoms with Crippen LogP contribution in [0.3, 0.4) is 0 Å². The van der Waals surface area contributed by atoms with E-state index in [2.05, 4.69) is 15.5 Å². The molecule has 36 heavy (non-hydrogen) atoms. The van der Waals surface area contributed by atoms with Gasteiger partial charge in [-0.05, 0) is 42.7 Å². The van der Waals surface area contributed by atoms with Crippen LogP contribution in [0.25, 0.3) is 11.5 Å². The van der Waals surface area contributed by atoms with Crippen molar-refractivity contribution in [1.82, 2.24) is 10.2 Å². The number of rotatable bonds is 9. The maximum absolute atomic E-state index is 15.3. The number of nitrogens with two attached hydrogens (primary N) is 1. The molecule has 0 aliphatic heterocycles. The lowest BCUT2D eigenvalue weighted by Crippen LogP contribution is -2.12. The van der Waals surface area contributed by atoms with Crippen LogP contribution in [0, 0.1) is 5.82 Å². The van der Waals surface area contributed by atoms with Crippen molar-refractivity contribution in [3.05, 3.63) is 81.9 Å². The number of nitrogens with one attached hydrogen (secondary N) is 1. The van der Waals surface area contributed by atoms with E-state index in [-0.39, 0.29) is 46.2 Å². The first-order valence-electron chi connectivity index (χ1n) is 10.7. The lowest BCUT2D eigenvalue weighted by atomic mass is 10.1. The van der Waals surface area contributed by atoms with Gasteiger partial charge in [0.1, 0.15) is 5.75 Å². The van der Waals surface area contributed by atoms with Crippen LogP contribution in [0.15, 0.2) is 59.0 Å². The van der Waals surface area contributed by atoms with Crippen LogP contribution in [0.5, 0.6) is 11.5 Å². The predicted octanol–water partition coefficient (Wildman–Crippen LogP) is 6.84. The molecular weight excluding hydrogens is 526 g/mol. The van der Waals surface area contributed by atoms with Gasteiger partial charge < -0.3 is 20.2 Å². The largest absolute Gasteiger partial charge is 0.453 e. The number of amides is 1. The van der Waals surface area contributed by atoms with Crippen LogP contribution >= 0.6 is 35.0 Å². The summed E-state index contributed by atoms with van der Waals surface area (Å²) >= 11 is 13.8. The van der Waals surface area contributed by atoms with Crippen molar-refractivity contribution in [1.29, 1.82) is 0 Å². The molecule has 1 aromatic heterocycles. The van der Waals surface area contributed by atoms with Gasteiger partial charge in [-0.25, -0.2) is 4.39 Å². The highest BCUT2D eigenvalue weighted by Crippen LogP contribution is 2.36. The lowest BCUT2D eigenvalue weighted by molar-refractivity contribution is -0.115. The number of anilines is 2. The third-order valence-electron chi connectivity index (χ3n) is 4.98. The Labute approximate surface area is 221 Å². The third-order valence-corrected chi connectivity index (χ3v) is 6.11. The molecule has 4 aromatic rings. The number of nitrogen functional groups attached to an aromatic ring is 1. The minimum absolute atomic E-state index is 0.00909. The summed E-state index contributed by atoms with van der Waals surface area (Å²) in [5.41, 5.74) is 7.63. The zero-order chi connectivity index (χ0) is 25.7. The lowest BCUT2D eigenvalue weighted by Gasteiger charge is -2.12. The number of aromatic nitrogens is 2. The fourth-order valence-electron chi connectivity index (χ4n) is 3.32. The molecule has 1 amide bonds. The molecule has 1 heterocycles. The monoisotopic (exact) mass is 546 g/mol. The van der Waals surface area contributed by atoms with Crippen molar-refractivity contribution in [2.24, 2.45) is 0 Å². The van der Waals surface area contributed by atoms with Gasteiger partial charge in [-0.15, -0.1) is 10.2 Å². The maximum Gasteiger partial charge on any atom is 0.247 e. The number of nitrogens with zero attached hydrogens (tertiary/aromatic N) is 2. The van der Waals surface area contributed by atoms with Gasteiger partial charge in [0.25, 0.3) is 0 Å². The SMILES string of the molecule is CSCCC(=O)Nc1cccc(-c2nnc(Cc3ccc(Cl)c(Oc4cc(N)cc(Cl)c4)c3F)o2)c1. The Balaban J connectivity index is 1.51.